The molecule has 0 spiro atoms. The van der Waals surface area contributed by atoms with Crippen LogP contribution in [0.25, 0.3) is 0 Å². The van der Waals surface area contributed by atoms with Crippen LogP contribution < -0.4 is 0 Å². The minimum absolute atomic E-state index is 0.206. The molecule has 0 N–H and O–H groups in total. The van der Waals surface area contributed by atoms with Gasteiger partial charge in [-0.1, -0.05) is 6.07 Å². The van der Waals surface area contributed by atoms with Crippen LogP contribution in [0.2, 0.25) is 0 Å². The molecule has 0 radical (unpaired) electrons. The summed E-state index contributed by atoms with van der Waals surface area (Å²) in [6, 6.07) is -0.0236. The fourth-order valence-electron chi connectivity index (χ4n) is 1.48. The summed E-state index contributed by atoms with van der Waals surface area (Å²) in [6.07, 6.45) is -0.206. The fourth-order valence-corrected chi connectivity index (χ4v) is 1.48. The topological polar surface area (TPSA) is 37.4 Å². The van der Waals surface area contributed by atoms with Crippen molar-refractivity contribution in [3.05, 3.63) is 35.4 Å². The number of likely N-dealkylation sites (N-methyl/N-ethyl adjacent to an activating group) is 1. The number of hydrogen-bond donors (Lipinski definition) is 0. The van der Waals surface area contributed by atoms with Gasteiger partial charge in [0.25, 0.3) is 0 Å². The maximum atomic E-state index is 13.0. The maximum absolute atomic E-state index is 13.0. The highest BCUT2D eigenvalue weighted by molar-refractivity contribution is 5.82. The second-order valence-corrected chi connectivity index (χ2v) is 3.90. The lowest BCUT2D eigenvalue weighted by atomic mass is 10.0. The summed E-state index contributed by atoms with van der Waals surface area (Å²) in [7, 11) is 1.27. The van der Waals surface area contributed by atoms with Crippen LogP contribution in [0.3, 0.4) is 0 Å². The maximum Gasteiger partial charge on any atom is 0.324 e. The van der Waals surface area contributed by atoms with Crippen LogP contribution in [0, 0.1) is 11.6 Å². The molecule has 0 saturated carbocycles. The lowest BCUT2D eigenvalue weighted by Gasteiger charge is -2.23. The van der Waals surface area contributed by atoms with E-state index in [1.807, 2.05) is 0 Å². The van der Waals surface area contributed by atoms with Gasteiger partial charge in [-0.25, -0.2) is 8.78 Å². The van der Waals surface area contributed by atoms with E-state index in [4.69, 9.17) is 0 Å². The molecule has 0 bridgehead atoms. The minimum atomic E-state index is -1.70. The zero-order valence-corrected chi connectivity index (χ0v) is 9.91. The Morgan fingerprint density at radius 3 is 2.33 bits per heavy atom. The highest BCUT2D eigenvalue weighted by Crippen LogP contribution is 2.13. The number of carbonyl (C=O) groups is 2. The fraction of sp³-hybridized carbons (Fsp3) is 0.333. The van der Waals surface area contributed by atoms with E-state index in [1.165, 1.54) is 20.0 Å². The molecule has 0 saturated heterocycles. The number of hydrogen-bond acceptors (Lipinski definition) is 2. The molecule has 0 unspecified atom stereocenters. The zero-order valence-electron chi connectivity index (χ0n) is 9.91. The third-order valence-corrected chi connectivity index (χ3v) is 2.64. The van der Waals surface area contributed by atoms with Crippen LogP contribution >= 0.6 is 0 Å². The van der Waals surface area contributed by atoms with Crippen LogP contribution in [-0.4, -0.2) is 29.9 Å². The lowest BCUT2D eigenvalue weighted by Crippen LogP contribution is -2.41. The summed E-state index contributed by atoms with van der Waals surface area (Å²) in [5.41, 5.74) is 0.234. The summed E-state index contributed by atoms with van der Waals surface area (Å²) >= 11 is 0. The molecule has 0 heterocycles. The van der Waals surface area contributed by atoms with Crippen molar-refractivity contribution < 1.29 is 22.8 Å². The van der Waals surface area contributed by atoms with Crippen LogP contribution in [0.4, 0.5) is 13.2 Å². The summed E-state index contributed by atoms with van der Waals surface area (Å²) in [4.78, 5) is 22.8. The van der Waals surface area contributed by atoms with Gasteiger partial charge in [0, 0.05) is 20.4 Å². The molecule has 0 aliphatic heterocycles. The second-order valence-electron chi connectivity index (χ2n) is 3.90. The standard InChI is InChI=1S/C12H12F3NO2/c1-7(17)16(2)11(12(15)18)6-8-3-4-9(13)10(14)5-8/h3-5,11H,6H2,1-2H3/t11-/m0/s1. The van der Waals surface area contributed by atoms with Gasteiger partial charge in [-0.15, -0.1) is 0 Å². The molecule has 18 heavy (non-hydrogen) atoms. The molecule has 0 fully saturated rings. The van der Waals surface area contributed by atoms with E-state index in [2.05, 4.69) is 0 Å². The highest BCUT2D eigenvalue weighted by atomic mass is 19.2. The van der Waals surface area contributed by atoms with E-state index < -0.39 is 29.6 Å². The van der Waals surface area contributed by atoms with Crippen molar-refractivity contribution >= 4 is 11.9 Å². The Labute approximate surface area is 102 Å². The predicted molar refractivity (Wildman–Crippen MR) is 58.4 cm³/mol. The molecular formula is C12H12F3NO2. The SMILES string of the molecule is CC(=O)N(C)[C@@H](Cc1ccc(F)c(F)c1)C(=O)F. The van der Waals surface area contributed by atoms with Gasteiger partial charge in [-0.3, -0.25) is 9.59 Å². The van der Waals surface area contributed by atoms with Gasteiger partial charge in [0.05, 0.1) is 0 Å². The van der Waals surface area contributed by atoms with Crippen molar-refractivity contribution in [2.75, 3.05) is 7.05 Å². The number of amides is 1. The molecule has 3 nitrogen and oxygen atoms in total. The molecule has 1 aromatic rings. The van der Waals surface area contributed by atoms with Crippen LogP contribution in [0.1, 0.15) is 12.5 Å². The van der Waals surface area contributed by atoms with Gasteiger partial charge in [-0.05, 0) is 17.7 Å². The smallest absolute Gasteiger partial charge is 0.324 e. The molecule has 0 aromatic heterocycles. The third-order valence-electron chi connectivity index (χ3n) is 2.64. The second kappa shape index (κ2) is 5.66. The number of nitrogens with zero attached hydrogens (tertiary/aromatic N) is 1. The third kappa shape index (κ3) is 3.32. The van der Waals surface area contributed by atoms with E-state index >= 15 is 0 Å². The van der Waals surface area contributed by atoms with Gasteiger partial charge in [0.15, 0.2) is 11.6 Å². The summed E-state index contributed by atoms with van der Waals surface area (Å²) in [5, 5.41) is 0. The Hall–Kier alpha value is -1.85. The zero-order chi connectivity index (χ0) is 13.9. The molecule has 1 amide bonds. The molecule has 1 aromatic carbocycles. The Bertz CT molecular complexity index is 476. The first-order valence-electron chi connectivity index (χ1n) is 5.19. The molecule has 6 heteroatoms. The average molecular weight is 259 g/mol. The minimum Gasteiger partial charge on any atom is -0.333 e. The Morgan fingerprint density at radius 2 is 1.89 bits per heavy atom. The van der Waals surface area contributed by atoms with Crippen molar-refractivity contribution in [2.24, 2.45) is 0 Å². The molecule has 0 aliphatic rings. The largest absolute Gasteiger partial charge is 0.333 e. The molecule has 1 rings (SSSR count). The van der Waals surface area contributed by atoms with E-state index in [-0.39, 0.29) is 12.0 Å². The summed E-state index contributed by atoms with van der Waals surface area (Å²) in [6.45, 7) is 1.18. The Balaban J connectivity index is 2.93. The van der Waals surface area contributed by atoms with Crippen molar-refractivity contribution in [3.63, 3.8) is 0 Å². The quantitative estimate of drug-likeness (QED) is 0.774. The van der Waals surface area contributed by atoms with Crippen LogP contribution in [0.15, 0.2) is 18.2 Å². The molecular weight excluding hydrogens is 247 g/mol. The molecule has 1 atom stereocenters. The summed E-state index contributed by atoms with van der Waals surface area (Å²) in [5.74, 6) is -2.60. The van der Waals surface area contributed by atoms with Gasteiger partial charge in [0.1, 0.15) is 6.04 Å². The van der Waals surface area contributed by atoms with Gasteiger partial charge in [0.2, 0.25) is 5.91 Å². The lowest BCUT2D eigenvalue weighted by molar-refractivity contribution is -0.142. The van der Waals surface area contributed by atoms with Crippen molar-refractivity contribution in [1.82, 2.24) is 4.90 Å². The highest BCUT2D eigenvalue weighted by Gasteiger charge is 2.25. The Morgan fingerprint density at radius 1 is 1.28 bits per heavy atom. The number of halogens is 3. The van der Waals surface area contributed by atoms with Gasteiger partial charge >= 0.3 is 6.04 Å². The van der Waals surface area contributed by atoms with Crippen LogP contribution in [-0.2, 0) is 16.0 Å². The van der Waals surface area contributed by atoms with Gasteiger partial charge < -0.3 is 4.90 Å². The van der Waals surface area contributed by atoms with Crippen molar-refractivity contribution in [3.8, 4) is 0 Å². The van der Waals surface area contributed by atoms with Crippen molar-refractivity contribution in [1.29, 1.82) is 0 Å². The number of benzene rings is 1. The molecule has 0 aliphatic carbocycles. The van der Waals surface area contributed by atoms with E-state index in [1.54, 1.807) is 0 Å². The predicted octanol–water partition coefficient (Wildman–Crippen LogP) is 1.85. The molecule has 98 valence electrons. The first-order chi connectivity index (χ1) is 8.32. The summed E-state index contributed by atoms with van der Waals surface area (Å²) < 4.78 is 38.5. The van der Waals surface area contributed by atoms with Gasteiger partial charge in [-0.2, -0.15) is 4.39 Å². The number of rotatable bonds is 4. The Kier molecular flexibility index (Phi) is 4.47. The average Bonchev–Trinajstić information content (AvgIpc) is 2.29. The normalized spacial score (nSPS) is 12.1. The first-order valence-corrected chi connectivity index (χ1v) is 5.19. The van der Waals surface area contributed by atoms with E-state index in [0.29, 0.717) is 0 Å². The van der Waals surface area contributed by atoms with Crippen molar-refractivity contribution in [2.45, 2.75) is 19.4 Å². The monoisotopic (exact) mass is 259 g/mol. The van der Waals surface area contributed by atoms with E-state index in [0.717, 1.165) is 17.0 Å². The van der Waals surface area contributed by atoms with E-state index in [9.17, 15) is 22.8 Å². The first kappa shape index (κ1) is 14.2. The number of carbonyl (C=O) groups excluding carboxylic acids is 2. The van der Waals surface area contributed by atoms with Crippen LogP contribution in [0.5, 0.6) is 0 Å².